The molecule has 0 radical (unpaired) electrons. The van der Waals surface area contributed by atoms with Gasteiger partial charge in [-0.15, -0.1) is 0 Å². The predicted molar refractivity (Wildman–Crippen MR) is 70.0 cm³/mol. The molecule has 1 fully saturated rings. The molecule has 1 saturated carbocycles. The highest BCUT2D eigenvalue weighted by molar-refractivity contribution is 5.83. The number of hydrogen-bond acceptors (Lipinski definition) is 4. The number of carbonyl (C=O) groups is 1. The predicted octanol–water partition coefficient (Wildman–Crippen LogP) is 1.02. The van der Waals surface area contributed by atoms with Gasteiger partial charge in [0.15, 0.2) is 6.29 Å². The van der Waals surface area contributed by atoms with Crippen LogP contribution in [0.4, 0.5) is 0 Å². The zero-order valence-corrected chi connectivity index (χ0v) is 11.7. The van der Waals surface area contributed by atoms with Crippen molar-refractivity contribution in [2.75, 3.05) is 20.8 Å². The van der Waals surface area contributed by atoms with Crippen molar-refractivity contribution < 1.29 is 14.3 Å². The first kappa shape index (κ1) is 15.4. The number of carbonyl (C=O) groups excluding carboxylic acids is 1. The van der Waals surface area contributed by atoms with Crippen molar-refractivity contribution in [2.24, 2.45) is 11.1 Å². The minimum absolute atomic E-state index is 0.0382. The minimum atomic E-state index is -0.424. The van der Waals surface area contributed by atoms with Crippen LogP contribution in [0.1, 0.15) is 39.0 Å². The first-order chi connectivity index (χ1) is 8.59. The third kappa shape index (κ3) is 3.43. The Morgan fingerprint density at radius 1 is 1.28 bits per heavy atom. The van der Waals surface area contributed by atoms with Gasteiger partial charge in [0.05, 0.1) is 11.5 Å². The molecule has 3 N–H and O–H groups in total. The van der Waals surface area contributed by atoms with Gasteiger partial charge >= 0.3 is 0 Å². The molecular formula is C13H26N2O3. The molecule has 18 heavy (non-hydrogen) atoms. The number of nitrogens with two attached hydrogens (primary N) is 1. The van der Waals surface area contributed by atoms with E-state index in [0.717, 1.165) is 25.7 Å². The van der Waals surface area contributed by atoms with Crippen LogP contribution in [0.15, 0.2) is 0 Å². The average molecular weight is 258 g/mol. The molecule has 0 bridgehead atoms. The number of hydrogen-bond donors (Lipinski definition) is 2. The first-order valence-corrected chi connectivity index (χ1v) is 6.66. The van der Waals surface area contributed by atoms with Gasteiger partial charge < -0.3 is 20.5 Å². The van der Waals surface area contributed by atoms with Crippen LogP contribution in [-0.2, 0) is 14.3 Å². The molecule has 1 atom stereocenters. The van der Waals surface area contributed by atoms with Gasteiger partial charge in [-0.25, -0.2) is 0 Å². The van der Waals surface area contributed by atoms with Crippen LogP contribution in [0.2, 0.25) is 0 Å². The summed E-state index contributed by atoms with van der Waals surface area (Å²) < 4.78 is 10.3. The molecule has 1 rings (SSSR count). The fraction of sp³-hybridized carbons (Fsp3) is 0.923. The zero-order chi connectivity index (χ0) is 13.6. The summed E-state index contributed by atoms with van der Waals surface area (Å²) in [6, 6.07) is -0.183. The van der Waals surface area contributed by atoms with E-state index < -0.39 is 11.7 Å². The standard InChI is InChI=1S/C13H26N2O3/c1-10(11(17-2)18-3)15-12(16)13(9-14)7-5-4-6-8-13/h10-11H,4-9,14H2,1-3H3,(H,15,16). The lowest BCUT2D eigenvalue weighted by molar-refractivity contribution is -0.144. The molecule has 1 aliphatic rings. The van der Waals surface area contributed by atoms with E-state index in [4.69, 9.17) is 15.2 Å². The average Bonchev–Trinajstić information content (AvgIpc) is 2.40. The molecule has 1 amide bonds. The lowest BCUT2D eigenvalue weighted by Crippen LogP contribution is -2.52. The van der Waals surface area contributed by atoms with Gasteiger partial charge in [-0.1, -0.05) is 19.3 Å². The summed E-state index contributed by atoms with van der Waals surface area (Å²) in [5, 5.41) is 2.97. The van der Waals surface area contributed by atoms with E-state index in [1.165, 1.54) is 6.42 Å². The van der Waals surface area contributed by atoms with Crippen molar-refractivity contribution in [2.45, 2.75) is 51.4 Å². The van der Waals surface area contributed by atoms with Crippen LogP contribution in [0.5, 0.6) is 0 Å². The molecule has 0 aromatic rings. The van der Waals surface area contributed by atoms with Gasteiger partial charge in [0.1, 0.15) is 0 Å². The van der Waals surface area contributed by atoms with Crippen LogP contribution in [0.3, 0.4) is 0 Å². The summed E-state index contributed by atoms with van der Waals surface area (Å²) >= 11 is 0. The summed E-state index contributed by atoms with van der Waals surface area (Å²) in [6.45, 7) is 2.29. The quantitative estimate of drug-likeness (QED) is 0.698. The fourth-order valence-corrected chi connectivity index (χ4v) is 2.68. The van der Waals surface area contributed by atoms with E-state index in [0.29, 0.717) is 6.54 Å². The van der Waals surface area contributed by atoms with Crippen LogP contribution in [0, 0.1) is 5.41 Å². The molecule has 0 aromatic carbocycles. The Kier molecular flexibility index (Phi) is 6.05. The Morgan fingerprint density at radius 2 is 1.83 bits per heavy atom. The Hall–Kier alpha value is -0.650. The van der Waals surface area contributed by atoms with Crippen molar-refractivity contribution in [1.29, 1.82) is 0 Å². The summed E-state index contributed by atoms with van der Waals surface area (Å²) in [4.78, 5) is 12.4. The normalized spacial score (nSPS) is 20.7. The van der Waals surface area contributed by atoms with Gasteiger partial charge in [0.25, 0.3) is 0 Å². The number of methoxy groups -OCH3 is 2. The maximum Gasteiger partial charge on any atom is 0.227 e. The molecular weight excluding hydrogens is 232 g/mol. The van der Waals surface area contributed by atoms with Crippen LogP contribution in [0.25, 0.3) is 0 Å². The summed E-state index contributed by atoms with van der Waals surface area (Å²) in [6.07, 6.45) is 4.70. The lowest BCUT2D eigenvalue weighted by atomic mass is 9.73. The van der Waals surface area contributed by atoms with E-state index in [1.807, 2.05) is 6.92 Å². The van der Waals surface area contributed by atoms with Gasteiger partial charge in [-0.3, -0.25) is 4.79 Å². The lowest BCUT2D eigenvalue weighted by Gasteiger charge is -2.36. The van der Waals surface area contributed by atoms with Crippen molar-refractivity contribution in [3.05, 3.63) is 0 Å². The van der Waals surface area contributed by atoms with E-state index in [9.17, 15) is 4.79 Å². The van der Waals surface area contributed by atoms with Crippen LogP contribution in [-0.4, -0.2) is 39.0 Å². The second-order valence-corrected chi connectivity index (χ2v) is 5.15. The SMILES string of the molecule is COC(OC)C(C)NC(=O)C1(CN)CCCCC1. The van der Waals surface area contributed by atoms with Gasteiger partial charge in [0, 0.05) is 20.8 Å². The van der Waals surface area contributed by atoms with Gasteiger partial charge in [0.2, 0.25) is 5.91 Å². The number of ether oxygens (including phenoxy) is 2. The molecule has 1 unspecified atom stereocenters. The van der Waals surface area contributed by atoms with Crippen LogP contribution >= 0.6 is 0 Å². The highest BCUT2D eigenvalue weighted by Crippen LogP contribution is 2.35. The monoisotopic (exact) mass is 258 g/mol. The van der Waals surface area contributed by atoms with Crippen molar-refractivity contribution >= 4 is 5.91 Å². The first-order valence-electron chi connectivity index (χ1n) is 6.66. The van der Waals surface area contributed by atoms with E-state index in [-0.39, 0.29) is 11.9 Å². The molecule has 0 aromatic heterocycles. The second-order valence-electron chi connectivity index (χ2n) is 5.15. The minimum Gasteiger partial charge on any atom is -0.354 e. The van der Waals surface area contributed by atoms with Crippen molar-refractivity contribution in [1.82, 2.24) is 5.32 Å². The fourth-order valence-electron chi connectivity index (χ4n) is 2.68. The highest BCUT2D eigenvalue weighted by Gasteiger charge is 2.39. The van der Waals surface area contributed by atoms with E-state index in [2.05, 4.69) is 5.32 Å². The molecule has 0 saturated heterocycles. The summed E-state index contributed by atoms with van der Waals surface area (Å²) in [7, 11) is 3.13. The smallest absolute Gasteiger partial charge is 0.227 e. The van der Waals surface area contributed by atoms with Crippen LogP contribution < -0.4 is 11.1 Å². The number of nitrogens with one attached hydrogen (secondary N) is 1. The molecule has 1 aliphatic carbocycles. The van der Waals surface area contributed by atoms with Crippen molar-refractivity contribution in [3.8, 4) is 0 Å². The Bertz CT molecular complexity index is 261. The summed E-state index contributed by atoms with van der Waals surface area (Å²) in [5.74, 6) is 0.0382. The van der Waals surface area contributed by atoms with Crippen molar-refractivity contribution in [3.63, 3.8) is 0 Å². The largest absolute Gasteiger partial charge is 0.354 e. The Labute approximate surface area is 109 Å². The van der Waals surface area contributed by atoms with E-state index >= 15 is 0 Å². The summed E-state index contributed by atoms with van der Waals surface area (Å²) in [5.41, 5.74) is 5.44. The topological polar surface area (TPSA) is 73.6 Å². The van der Waals surface area contributed by atoms with Gasteiger partial charge in [-0.2, -0.15) is 0 Å². The third-order valence-electron chi connectivity index (χ3n) is 3.91. The third-order valence-corrected chi connectivity index (χ3v) is 3.91. The maximum atomic E-state index is 12.4. The molecule has 0 heterocycles. The Balaban J connectivity index is 2.61. The Morgan fingerprint density at radius 3 is 2.28 bits per heavy atom. The molecule has 0 aliphatic heterocycles. The van der Waals surface area contributed by atoms with E-state index in [1.54, 1.807) is 14.2 Å². The molecule has 0 spiro atoms. The number of rotatable bonds is 6. The maximum absolute atomic E-state index is 12.4. The number of amides is 1. The molecule has 5 nitrogen and oxygen atoms in total. The molecule has 106 valence electrons. The second kappa shape index (κ2) is 7.07. The van der Waals surface area contributed by atoms with Gasteiger partial charge in [-0.05, 0) is 19.8 Å². The molecule has 5 heteroatoms. The highest BCUT2D eigenvalue weighted by atomic mass is 16.7. The zero-order valence-electron chi connectivity index (χ0n) is 11.7.